The second-order valence-electron chi connectivity index (χ2n) is 4.22. The molecule has 0 spiro atoms. The van der Waals surface area contributed by atoms with Crippen LogP contribution in [0.1, 0.15) is 21.1 Å². The van der Waals surface area contributed by atoms with Crippen molar-refractivity contribution < 1.29 is 4.79 Å². The molecule has 0 radical (unpaired) electrons. The minimum Gasteiger partial charge on any atom is -0.388 e. The molecular weight excluding hydrogens is 258 g/mol. The summed E-state index contributed by atoms with van der Waals surface area (Å²) >= 11 is 1.63. The summed E-state index contributed by atoms with van der Waals surface area (Å²) in [7, 11) is 1.85. The number of benzene rings is 1. The van der Waals surface area contributed by atoms with Gasteiger partial charge in [-0.2, -0.15) is 0 Å². The highest BCUT2D eigenvalue weighted by molar-refractivity contribution is 7.09. The Morgan fingerprint density at radius 1 is 1.32 bits per heavy atom. The van der Waals surface area contributed by atoms with Gasteiger partial charge in [-0.05, 0) is 31.2 Å². The van der Waals surface area contributed by atoms with Gasteiger partial charge in [-0.15, -0.1) is 11.3 Å². The van der Waals surface area contributed by atoms with Crippen molar-refractivity contribution in [2.24, 2.45) is 0 Å². The molecule has 0 saturated heterocycles. The van der Waals surface area contributed by atoms with Gasteiger partial charge >= 0.3 is 0 Å². The Balaban J connectivity index is 1.83. The number of anilines is 1. The van der Waals surface area contributed by atoms with Crippen LogP contribution in [0, 0.1) is 6.92 Å². The van der Waals surface area contributed by atoms with Crippen molar-refractivity contribution in [2.75, 3.05) is 18.9 Å². The topological polar surface area (TPSA) is 54.0 Å². The number of nitrogens with zero attached hydrogens (tertiary/aromatic N) is 1. The molecule has 2 N–H and O–H groups in total. The van der Waals surface area contributed by atoms with Crippen molar-refractivity contribution in [3.63, 3.8) is 0 Å². The molecule has 4 nitrogen and oxygen atoms in total. The molecule has 5 heteroatoms. The number of hydrogen-bond acceptors (Lipinski definition) is 4. The van der Waals surface area contributed by atoms with Gasteiger partial charge in [0.15, 0.2) is 0 Å². The molecule has 0 bridgehead atoms. The fourth-order valence-corrected chi connectivity index (χ4v) is 2.47. The van der Waals surface area contributed by atoms with Gasteiger partial charge in [0.1, 0.15) is 0 Å². The monoisotopic (exact) mass is 275 g/mol. The maximum absolute atomic E-state index is 11.9. The van der Waals surface area contributed by atoms with E-state index in [-0.39, 0.29) is 5.91 Å². The molecule has 0 fully saturated rings. The van der Waals surface area contributed by atoms with Crippen molar-refractivity contribution in [1.82, 2.24) is 10.3 Å². The lowest BCUT2D eigenvalue weighted by Gasteiger charge is -2.05. The van der Waals surface area contributed by atoms with Gasteiger partial charge in [0.2, 0.25) is 0 Å². The standard InChI is InChI=1S/C14H17N3OS/c1-10-9-19-13(17-10)7-8-16-14(18)11-3-5-12(15-2)6-4-11/h3-6,9,15H,7-8H2,1-2H3,(H,16,18). The molecular formula is C14H17N3OS. The summed E-state index contributed by atoms with van der Waals surface area (Å²) in [4.78, 5) is 16.3. The van der Waals surface area contributed by atoms with E-state index in [1.807, 2.05) is 43.6 Å². The smallest absolute Gasteiger partial charge is 0.251 e. The first-order chi connectivity index (χ1) is 9.19. The second kappa shape index (κ2) is 6.33. The quantitative estimate of drug-likeness (QED) is 0.881. The predicted octanol–water partition coefficient (Wildman–Crippen LogP) is 2.47. The lowest BCUT2D eigenvalue weighted by Crippen LogP contribution is -2.25. The number of rotatable bonds is 5. The SMILES string of the molecule is CNc1ccc(C(=O)NCCc2nc(C)cs2)cc1. The predicted molar refractivity (Wildman–Crippen MR) is 78.9 cm³/mol. The lowest BCUT2D eigenvalue weighted by atomic mass is 10.2. The van der Waals surface area contributed by atoms with E-state index in [0.717, 1.165) is 22.8 Å². The van der Waals surface area contributed by atoms with Crippen LogP contribution in [0.5, 0.6) is 0 Å². The van der Waals surface area contributed by atoms with E-state index in [0.29, 0.717) is 12.1 Å². The van der Waals surface area contributed by atoms with E-state index in [1.165, 1.54) is 0 Å². The minimum atomic E-state index is -0.0454. The van der Waals surface area contributed by atoms with E-state index in [9.17, 15) is 4.79 Å². The van der Waals surface area contributed by atoms with E-state index < -0.39 is 0 Å². The molecule has 0 aliphatic heterocycles. The maximum Gasteiger partial charge on any atom is 0.251 e. The van der Waals surface area contributed by atoms with Crippen LogP contribution >= 0.6 is 11.3 Å². The van der Waals surface area contributed by atoms with Crippen molar-refractivity contribution >= 4 is 22.9 Å². The van der Waals surface area contributed by atoms with E-state index in [1.54, 1.807) is 11.3 Å². The maximum atomic E-state index is 11.9. The zero-order valence-corrected chi connectivity index (χ0v) is 11.9. The molecule has 1 aromatic heterocycles. The third kappa shape index (κ3) is 3.79. The molecule has 1 amide bonds. The van der Waals surface area contributed by atoms with Crippen LogP contribution in [0.25, 0.3) is 0 Å². The van der Waals surface area contributed by atoms with Gasteiger partial charge < -0.3 is 10.6 Å². The van der Waals surface area contributed by atoms with E-state index in [2.05, 4.69) is 15.6 Å². The highest BCUT2D eigenvalue weighted by Crippen LogP contribution is 2.10. The number of hydrogen-bond donors (Lipinski definition) is 2. The average molecular weight is 275 g/mol. The highest BCUT2D eigenvalue weighted by atomic mass is 32.1. The van der Waals surface area contributed by atoms with Crippen LogP contribution in [-0.4, -0.2) is 24.5 Å². The fraction of sp³-hybridized carbons (Fsp3) is 0.286. The Hall–Kier alpha value is -1.88. The molecule has 1 aromatic carbocycles. The molecule has 1 heterocycles. The normalized spacial score (nSPS) is 10.2. The van der Waals surface area contributed by atoms with Crippen LogP contribution in [0.15, 0.2) is 29.6 Å². The Labute approximate surface area is 116 Å². The number of thiazole rings is 1. The molecule has 2 aromatic rings. The first-order valence-corrected chi connectivity index (χ1v) is 7.04. The summed E-state index contributed by atoms with van der Waals surface area (Å²) in [6, 6.07) is 7.40. The highest BCUT2D eigenvalue weighted by Gasteiger charge is 2.05. The molecule has 0 saturated carbocycles. The Morgan fingerprint density at radius 3 is 2.63 bits per heavy atom. The fourth-order valence-electron chi connectivity index (χ4n) is 1.69. The average Bonchev–Trinajstić information content (AvgIpc) is 2.84. The number of carbonyl (C=O) groups is 1. The molecule has 0 aliphatic carbocycles. The third-order valence-corrected chi connectivity index (χ3v) is 3.75. The van der Waals surface area contributed by atoms with E-state index >= 15 is 0 Å². The molecule has 19 heavy (non-hydrogen) atoms. The first-order valence-electron chi connectivity index (χ1n) is 6.16. The first kappa shape index (κ1) is 13.5. The second-order valence-corrected chi connectivity index (χ2v) is 5.16. The number of amides is 1. The van der Waals surface area contributed by atoms with Crippen molar-refractivity contribution in [3.05, 3.63) is 45.9 Å². The molecule has 0 unspecified atom stereocenters. The van der Waals surface area contributed by atoms with Gasteiger partial charge in [-0.3, -0.25) is 4.79 Å². The largest absolute Gasteiger partial charge is 0.388 e. The number of nitrogens with one attached hydrogen (secondary N) is 2. The minimum absolute atomic E-state index is 0.0454. The summed E-state index contributed by atoms with van der Waals surface area (Å²) in [5.74, 6) is -0.0454. The van der Waals surface area contributed by atoms with Gasteiger partial charge in [-0.1, -0.05) is 0 Å². The van der Waals surface area contributed by atoms with Crippen LogP contribution in [-0.2, 0) is 6.42 Å². The number of aromatic nitrogens is 1. The van der Waals surface area contributed by atoms with E-state index in [4.69, 9.17) is 0 Å². The Bertz CT molecular complexity index is 548. The summed E-state index contributed by atoms with van der Waals surface area (Å²) in [6.07, 6.45) is 0.777. The molecule has 0 atom stereocenters. The summed E-state index contributed by atoms with van der Waals surface area (Å²) in [5, 5.41) is 9.00. The number of carbonyl (C=O) groups excluding carboxylic acids is 1. The molecule has 100 valence electrons. The summed E-state index contributed by atoms with van der Waals surface area (Å²) in [6.45, 7) is 2.58. The Kier molecular flexibility index (Phi) is 4.52. The third-order valence-electron chi connectivity index (χ3n) is 2.73. The van der Waals surface area contributed by atoms with Crippen LogP contribution in [0.4, 0.5) is 5.69 Å². The van der Waals surface area contributed by atoms with Crippen LogP contribution in [0.2, 0.25) is 0 Å². The zero-order valence-electron chi connectivity index (χ0n) is 11.1. The van der Waals surface area contributed by atoms with Crippen LogP contribution < -0.4 is 10.6 Å². The molecule has 0 aliphatic rings. The number of aryl methyl sites for hydroxylation is 1. The van der Waals surface area contributed by atoms with Crippen LogP contribution in [0.3, 0.4) is 0 Å². The van der Waals surface area contributed by atoms with Gasteiger partial charge in [0.05, 0.1) is 5.01 Å². The molecule has 2 rings (SSSR count). The van der Waals surface area contributed by atoms with Crippen molar-refractivity contribution in [2.45, 2.75) is 13.3 Å². The summed E-state index contributed by atoms with van der Waals surface area (Å²) in [5.41, 5.74) is 2.71. The lowest BCUT2D eigenvalue weighted by molar-refractivity contribution is 0.0954. The summed E-state index contributed by atoms with van der Waals surface area (Å²) < 4.78 is 0. The van der Waals surface area contributed by atoms with Gasteiger partial charge in [-0.25, -0.2) is 4.98 Å². The van der Waals surface area contributed by atoms with Gasteiger partial charge in [0.25, 0.3) is 5.91 Å². The van der Waals surface area contributed by atoms with Crippen molar-refractivity contribution in [1.29, 1.82) is 0 Å². The zero-order chi connectivity index (χ0) is 13.7. The van der Waals surface area contributed by atoms with Gasteiger partial charge in [0, 0.05) is 42.3 Å². The Morgan fingerprint density at radius 2 is 2.05 bits per heavy atom. The van der Waals surface area contributed by atoms with Crippen molar-refractivity contribution in [3.8, 4) is 0 Å².